The summed E-state index contributed by atoms with van der Waals surface area (Å²) in [6.45, 7) is 0. The molecule has 0 heterocycles. The fraction of sp³-hybridized carbons (Fsp3) is 0. The molecule has 0 atom stereocenters. The summed E-state index contributed by atoms with van der Waals surface area (Å²) in [6.07, 6.45) is 0. The number of phenols is 1. The molecule has 21 heavy (non-hydrogen) atoms. The van der Waals surface area contributed by atoms with Gasteiger partial charge in [0.05, 0.1) is 10.5 Å². The van der Waals surface area contributed by atoms with Crippen LogP contribution >= 0.6 is 11.6 Å². The molecule has 0 fully saturated rings. The molecule has 2 N–H and O–H groups in total. The predicted molar refractivity (Wildman–Crippen MR) is 74.1 cm³/mol. The molecule has 0 aliphatic rings. The van der Waals surface area contributed by atoms with Crippen LogP contribution in [0.2, 0.25) is 5.02 Å². The third-order valence-electron chi connectivity index (χ3n) is 2.60. The van der Waals surface area contributed by atoms with Gasteiger partial charge in [-0.1, -0.05) is 11.6 Å². The molecule has 1 amide bonds. The van der Waals surface area contributed by atoms with Gasteiger partial charge in [-0.3, -0.25) is 14.9 Å². The zero-order chi connectivity index (χ0) is 15.6. The quantitative estimate of drug-likeness (QED) is 0.671. The fourth-order valence-corrected chi connectivity index (χ4v) is 1.79. The lowest BCUT2D eigenvalue weighted by atomic mass is 10.2. The van der Waals surface area contributed by atoms with Crippen LogP contribution in [-0.4, -0.2) is 15.9 Å². The Balaban J connectivity index is 2.29. The largest absolute Gasteiger partial charge is 0.507 e. The van der Waals surface area contributed by atoms with E-state index in [4.69, 9.17) is 11.6 Å². The van der Waals surface area contributed by atoms with Crippen LogP contribution in [0.15, 0.2) is 36.4 Å². The van der Waals surface area contributed by atoms with Crippen LogP contribution in [0.4, 0.5) is 15.8 Å². The highest BCUT2D eigenvalue weighted by Crippen LogP contribution is 2.25. The van der Waals surface area contributed by atoms with Gasteiger partial charge in [0.2, 0.25) is 5.82 Å². The summed E-state index contributed by atoms with van der Waals surface area (Å²) < 4.78 is 13.2. The number of nitro groups is 1. The molecule has 2 aromatic carbocycles. The third-order valence-corrected chi connectivity index (χ3v) is 2.84. The second-order valence-electron chi connectivity index (χ2n) is 4.04. The number of halogens is 2. The van der Waals surface area contributed by atoms with Gasteiger partial charge >= 0.3 is 5.69 Å². The van der Waals surface area contributed by atoms with Crippen molar-refractivity contribution in [1.29, 1.82) is 0 Å². The first-order valence-electron chi connectivity index (χ1n) is 5.62. The zero-order valence-electron chi connectivity index (χ0n) is 10.3. The summed E-state index contributed by atoms with van der Waals surface area (Å²) in [6, 6.07) is 6.80. The van der Waals surface area contributed by atoms with Crippen molar-refractivity contribution in [2.45, 2.75) is 0 Å². The molecule has 0 aliphatic heterocycles. The number of carbonyl (C=O) groups is 1. The highest BCUT2D eigenvalue weighted by atomic mass is 35.5. The number of nitrogens with one attached hydrogen (secondary N) is 1. The van der Waals surface area contributed by atoms with E-state index < -0.39 is 22.3 Å². The second kappa shape index (κ2) is 5.76. The molecule has 2 aromatic rings. The number of aromatic hydroxyl groups is 1. The molecule has 2 rings (SSSR count). The standard InChI is InChI=1S/C13H8ClFN2O4/c14-7-1-4-12(18)9(5-7)13(19)16-8-2-3-10(15)11(6-8)17(20)21/h1-6,18H,(H,16,19). The number of hydrogen-bond donors (Lipinski definition) is 2. The van der Waals surface area contributed by atoms with Crippen molar-refractivity contribution >= 4 is 28.9 Å². The Hall–Kier alpha value is -2.67. The Kier molecular flexibility index (Phi) is 4.04. The normalized spacial score (nSPS) is 10.2. The van der Waals surface area contributed by atoms with Crippen molar-refractivity contribution in [1.82, 2.24) is 0 Å². The van der Waals surface area contributed by atoms with Crippen molar-refractivity contribution in [3.8, 4) is 5.75 Å². The highest BCUT2D eigenvalue weighted by Gasteiger charge is 2.17. The van der Waals surface area contributed by atoms with E-state index in [1.807, 2.05) is 0 Å². The molecule has 0 spiro atoms. The number of nitro benzene ring substituents is 1. The maximum absolute atomic E-state index is 13.2. The molecule has 0 radical (unpaired) electrons. The van der Waals surface area contributed by atoms with Crippen molar-refractivity contribution < 1.29 is 19.2 Å². The topological polar surface area (TPSA) is 92.5 Å². The van der Waals surface area contributed by atoms with Gasteiger partial charge < -0.3 is 10.4 Å². The highest BCUT2D eigenvalue weighted by molar-refractivity contribution is 6.31. The molecule has 108 valence electrons. The molecule has 8 heteroatoms. The van der Waals surface area contributed by atoms with E-state index >= 15 is 0 Å². The van der Waals surface area contributed by atoms with E-state index in [1.54, 1.807) is 0 Å². The lowest BCUT2D eigenvalue weighted by Crippen LogP contribution is -2.12. The Morgan fingerprint density at radius 2 is 2.00 bits per heavy atom. The lowest BCUT2D eigenvalue weighted by molar-refractivity contribution is -0.387. The van der Waals surface area contributed by atoms with Gasteiger partial charge in [0.1, 0.15) is 5.75 Å². The summed E-state index contributed by atoms with van der Waals surface area (Å²) in [7, 11) is 0. The van der Waals surface area contributed by atoms with E-state index in [0.717, 1.165) is 12.1 Å². The van der Waals surface area contributed by atoms with Gasteiger partial charge in [-0.25, -0.2) is 0 Å². The minimum atomic E-state index is -1.01. The summed E-state index contributed by atoms with van der Waals surface area (Å²) in [5.74, 6) is -2.03. The zero-order valence-corrected chi connectivity index (χ0v) is 11.1. The Morgan fingerprint density at radius 1 is 1.29 bits per heavy atom. The van der Waals surface area contributed by atoms with Crippen molar-refractivity contribution in [2.24, 2.45) is 0 Å². The first-order chi connectivity index (χ1) is 9.88. The number of carbonyl (C=O) groups excluding carboxylic acids is 1. The van der Waals surface area contributed by atoms with Crippen LogP contribution in [0.1, 0.15) is 10.4 Å². The molecular weight excluding hydrogens is 303 g/mol. The lowest BCUT2D eigenvalue weighted by Gasteiger charge is -2.07. The first-order valence-corrected chi connectivity index (χ1v) is 6.00. The number of benzene rings is 2. The molecule has 0 bridgehead atoms. The van der Waals surface area contributed by atoms with Crippen molar-refractivity contribution in [3.05, 3.63) is 62.9 Å². The van der Waals surface area contributed by atoms with Gasteiger partial charge in [-0.15, -0.1) is 0 Å². The Morgan fingerprint density at radius 3 is 2.67 bits per heavy atom. The number of anilines is 1. The first kappa shape index (κ1) is 14.7. The van der Waals surface area contributed by atoms with Crippen LogP contribution in [-0.2, 0) is 0 Å². The van der Waals surface area contributed by atoms with Crippen molar-refractivity contribution in [2.75, 3.05) is 5.32 Å². The minimum Gasteiger partial charge on any atom is -0.507 e. The number of nitrogens with zero attached hydrogens (tertiary/aromatic N) is 1. The van der Waals surface area contributed by atoms with E-state index in [9.17, 15) is 24.4 Å². The minimum absolute atomic E-state index is 0.0208. The molecular formula is C13H8ClFN2O4. The van der Waals surface area contributed by atoms with E-state index in [1.165, 1.54) is 24.3 Å². The smallest absolute Gasteiger partial charge is 0.306 e. The summed E-state index contributed by atoms with van der Waals surface area (Å²) in [5, 5.41) is 22.8. The number of rotatable bonds is 3. The van der Waals surface area contributed by atoms with Crippen LogP contribution < -0.4 is 5.32 Å². The molecule has 0 aromatic heterocycles. The average molecular weight is 311 g/mol. The summed E-state index contributed by atoms with van der Waals surface area (Å²) >= 11 is 5.72. The van der Waals surface area contributed by atoms with Crippen LogP contribution in [0.25, 0.3) is 0 Å². The molecule has 0 unspecified atom stereocenters. The summed E-state index contributed by atoms with van der Waals surface area (Å²) in [4.78, 5) is 21.7. The van der Waals surface area contributed by atoms with Gasteiger partial charge in [-0.2, -0.15) is 4.39 Å². The summed E-state index contributed by atoms with van der Waals surface area (Å²) in [5.41, 5.74) is -0.843. The maximum Gasteiger partial charge on any atom is 0.306 e. The van der Waals surface area contributed by atoms with Crippen LogP contribution in [0, 0.1) is 15.9 Å². The third kappa shape index (κ3) is 3.26. The van der Waals surface area contributed by atoms with Crippen molar-refractivity contribution in [3.63, 3.8) is 0 Å². The Bertz CT molecular complexity index is 736. The van der Waals surface area contributed by atoms with Gasteiger partial charge in [-0.05, 0) is 30.3 Å². The molecule has 0 aliphatic carbocycles. The Labute approximate surface area is 122 Å². The van der Waals surface area contributed by atoms with Gasteiger partial charge in [0, 0.05) is 16.8 Å². The number of hydrogen-bond acceptors (Lipinski definition) is 4. The molecule has 0 saturated heterocycles. The maximum atomic E-state index is 13.2. The molecule has 6 nitrogen and oxygen atoms in total. The second-order valence-corrected chi connectivity index (χ2v) is 4.48. The predicted octanol–water partition coefficient (Wildman–Crippen LogP) is 3.35. The number of phenolic OH excluding ortho intramolecular Hbond substituents is 1. The molecule has 0 saturated carbocycles. The fourth-order valence-electron chi connectivity index (χ4n) is 1.62. The monoisotopic (exact) mass is 310 g/mol. The average Bonchev–Trinajstić information content (AvgIpc) is 2.43. The van der Waals surface area contributed by atoms with E-state index in [-0.39, 0.29) is 22.0 Å². The van der Waals surface area contributed by atoms with E-state index in [0.29, 0.717) is 0 Å². The van der Waals surface area contributed by atoms with Gasteiger partial charge in [0.25, 0.3) is 5.91 Å². The van der Waals surface area contributed by atoms with Crippen LogP contribution in [0.5, 0.6) is 5.75 Å². The van der Waals surface area contributed by atoms with Gasteiger partial charge in [0.15, 0.2) is 0 Å². The van der Waals surface area contributed by atoms with Crippen LogP contribution in [0.3, 0.4) is 0 Å². The van der Waals surface area contributed by atoms with E-state index in [2.05, 4.69) is 5.32 Å². The number of amides is 1. The SMILES string of the molecule is O=C(Nc1ccc(F)c([N+](=O)[O-])c1)c1cc(Cl)ccc1O.